The van der Waals surface area contributed by atoms with E-state index in [9.17, 15) is 4.79 Å². The zero-order valence-corrected chi connectivity index (χ0v) is 18.1. The molecule has 1 aliphatic rings. The molecule has 2 unspecified atom stereocenters. The van der Waals surface area contributed by atoms with Gasteiger partial charge in [0.15, 0.2) is 0 Å². The van der Waals surface area contributed by atoms with Crippen LogP contribution >= 0.6 is 12.4 Å². The summed E-state index contributed by atoms with van der Waals surface area (Å²) in [6, 6.07) is 8.52. The van der Waals surface area contributed by atoms with Crippen LogP contribution in [0.1, 0.15) is 52.2 Å². The van der Waals surface area contributed by atoms with Crippen LogP contribution in [-0.2, 0) is 14.9 Å². The molecule has 5 heteroatoms. The van der Waals surface area contributed by atoms with E-state index in [0.29, 0.717) is 19.6 Å². The van der Waals surface area contributed by atoms with E-state index in [1.54, 1.807) is 4.90 Å². The summed E-state index contributed by atoms with van der Waals surface area (Å²) in [5.74, 6) is 0.00800. The highest BCUT2D eigenvalue weighted by molar-refractivity contribution is 5.88. The zero-order valence-electron chi connectivity index (χ0n) is 17.3. The van der Waals surface area contributed by atoms with Crippen molar-refractivity contribution in [1.82, 2.24) is 4.90 Å². The molecule has 0 radical (unpaired) electrons. The fourth-order valence-corrected chi connectivity index (χ4v) is 3.90. The van der Waals surface area contributed by atoms with Crippen LogP contribution in [0.2, 0.25) is 0 Å². The molecular formula is C21H35ClN2O2. The molecule has 1 aromatic rings. The number of hydrogen-bond donors (Lipinski definition) is 1. The second-order valence-electron chi connectivity index (χ2n) is 8.75. The summed E-state index contributed by atoms with van der Waals surface area (Å²) in [5, 5.41) is 0. The molecule has 4 nitrogen and oxygen atoms in total. The first-order valence-electron chi connectivity index (χ1n) is 9.19. The number of rotatable bonds is 6. The normalized spacial score (nSPS) is 24.4. The van der Waals surface area contributed by atoms with Gasteiger partial charge in [-0.2, -0.15) is 0 Å². The molecule has 1 amide bonds. The molecule has 26 heavy (non-hydrogen) atoms. The number of ether oxygens (including phenoxy) is 1. The molecule has 0 saturated heterocycles. The lowest BCUT2D eigenvalue weighted by Gasteiger charge is -2.58. The van der Waals surface area contributed by atoms with Crippen molar-refractivity contribution in [2.45, 2.75) is 65.0 Å². The van der Waals surface area contributed by atoms with Crippen LogP contribution in [0.3, 0.4) is 0 Å². The molecule has 1 fully saturated rings. The van der Waals surface area contributed by atoms with Crippen molar-refractivity contribution in [2.24, 2.45) is 11.1 Å². The van der Waals surface area contributed by atoms with Crippen LogP contribution in [0.5, 0.6) is 0 Å². The minimum atomic E-state index is -0.856. The Labute approximate surface area is 164 Å². The van der Waals surface area contributed by atoms with Gasteiger partial charge >= 0.3 is 0 Å². The molecular weight excluding hydrogens is 348 g/mol. The summed E-state index contributed by atoms with van der Waals surface area (Å²) in [6.45, 7) is 13.7. The highest BCUT2D eigenvalue weighted by Gasteiger charge is 2.63. The second-order valence-corrected chi connectivity index (χ2v) is 8.75. The Morgan fingerprint density at radius 3 is 2.31 bits per heavy atom. The average molecular weight is 383 g/mol. The third-order valence-electron chi connectivity index (χ3n) is 6.02. The molecule has 0 aliphatic heterocycles. The van der Waals surface area contributed by atoms with Gasteiger partial charge in [0.25, 0.3) is 0 Å². The van der Waals surface area contributed by atoms with Crippen LogP contribution in [0, 0.1) is 12.3 Å². The Balaban J connectivity index is 0.00000338. The smallest absolute Gasteiger partial charge is 0.243 e. The molecule has 1 aromatic carbocycles. The maximum absolute atomic E-state index is 13.1. The van der Waals surface area contributed by atoms with Gasteiger partial charge in [-0.05, 0) is 19.4 Å². The predicted octanol–water partition coefficient (Wildman–Crippen LogP) is 3.69. The van der Waals surface area contributed by atoms with Crippen molar-refractivity contribution in [2.75, 3.05) is 20.2 Å². The van der Waals surface area contributed by atoms with E-state index in [1.807, 2.05) is 27.8 Å². The van der Waals surface area contributed by atoms with Crippen molar-refractivity contribution in [3.63, 3.8) is 0 Å². The van der Waals surface area contributed by atoms with Crippen molar-refractivity contribution in [1.29, 1.82) is 0 Å². The molecule has 1 saturated carbocycles. The lowest BCUT2D eigenvalue weighted by molar-refractivity contribution is -0.178. The second kappa shape index (κ2) is 7.87. The third-order valence-corrected chi connectivity index (χ3v) is 6.02. The van der Waals surface area contributed by atoms with Crippen molar-refractivity contribution >= 4 is 18.3 Å². The van der Waals surface area contributed by atoms with Gasteiger partial charge in [-0.3, -0.25) is 4.79 Å². The Kier molecular flexibility index (Phi) is 6.95. The van der Waals surface area contributed by atoms with E-state index in [-0.39, 0.29) is 35.2 Å². The lowest BCUT2D eigenvalue weighted by atomic mass is 9.54. The number of hydrogen-bond acceptors (Lipinski definition) is 3. The van der Waals surface area contributed by atoms with Crippen molar-refractivity contribution in [3.8, 4) is 0 Å². The number of benzene rings is 1. The van der Waals surface area contributed by atoms with Gasteiger partial charge in [-0.1, -0.05) is 57.5 Å². The van der Waals surface area contributed by atoms with Gasteiger partial charge in [0.2, 0.25) is 5.91 Å². The molecule has 0 bridgehead atoms. The average Bonchev–Trinajstić information content (AvgIpc) is 2.53. The minimum Gasteiger partial charge on any atom is -0.378 e. The third kappa shape index (κ3) is 3.92. The molecule has 0 aromatic heterocycles. The Bertz CT molecular complexity index is 627. The topological polar surface area (TPSA) is 55.6 Å². The first kappa shape index (κ1) is 22.9. The van der Waals surface area contributed by atoms with Crippen LogP contribution in [-0.4, -0.2) is 42.6 Å². The molecule has 2 N–H and O–H groups in total. The fourth-order valence-electron chi connectivity index (χ4n) is 3.90. The predicted molar refractivity (Wildman–Crippen MR) is 110 cm³/mol. The van der Waals surface area contributed by atoms with E-state index in [2.05, 4.69) is 45.0 Å². The van der Waals surface area contributed by atoms with Crippen LogP contribution < -0.4 is 5.73 Å². The first-order chi connectivity index (χ1) is 11.5. The largest absolute Gasteiger partial charge is 0.378 e. The lowest BCUT2D eigenvalue weighted by Crippen LogP contribution is -2.76. The molecule has 0 spiro atoms. The van der Waals surface area contributed by atoms with Gasteiger partial charge in [0.1, 0.15) is 5.54 Å². The highest BCUT2D eigenvalue weighted by atomic mass is 35.5. The number of likely N-dealkylation sites (N-methyl/N-ethyl adjacent to an activating group) is 1. The number of halogens is 1. The van der Waals surface area contributed by atoms with Gasteiger partial charge in [-0.15, -0.1) is 12.4 Å². The standard InChI is InChI=1S/C21H34N2O2.ClH/c1-8-25-17-13-21(22,20(17,5)6)18(24)23(7)14-19(3,4)16-11-9-15(2)10-12-16;/h9-12,17H,8,13-14,22H2,1-7H3;1H. The van der Waals surface area contributed by atoms with Crippen LogP contribution in [0.4, 0.5) is 0 Å². The summed E-state index contributed by atoms with van der Waals surface area (Å²) in [7, 11) is 1.86. The van der Waals surface area contributed by atoms with E-state index < -0.39 is 5.54 Å². The summed E-state index contributed by atoms with van der Waals surface area (Å²) < 4.78 is 5.75. The summed E-state index contributed by atoms with van der Waals surface area (Å²) in [6.07, 6.45) is 0.632. The number of nitrogens with two attached hydrogens (primary N) is 1. The van der Waals surface area contributed by atoms with Crippen molar-refractivity contribution in [3.05, 3.63) is 35.4 Å². The number of aryl methyl sites for hydroxylation is 1. The molecule has 2 atom stereocenters. The Morgan fingerprint density at radius 1 is 1.31 bits per heavy atom. The first-order valence-corrected chi connectivity index (χ1v) is 9.19. The maximum Gasteiger partial charge on any atom is 0.243 e. The highest BCUT2D eigenvalue weighted by Crippen LogP contribution is 2.50. The van der Waals surface area contributed by atoms with Crippen LogP contribution in [0.15, 0.2) is 24.3 Å². The van der Waals surface area contributed by atoms with E-state index in [1.165, 1.54) is 11.1 Å². The summed E-state index contributed by atoms with van der Waals surface area (Å²) in [5.41, 5.74) is 7.66. The summed E-state index contributed by atoms with van der Waals surface area (Å²) >= 11 is 0. The van der Waals surface area contributed by atoms with Gasteiger partial charge in [-0.25, -0.2) is 0 Å². The molecule has 148 valence electrons. The molecule has 2 rings (SSSR count). The minimum absolute atomic E-state index is 0. The summed E-state index contributed by atoms with van der Waals surface area (Å²) in [4.78, 5) is 14.9. The van der Waals surface area contributed by atoms with Gasteiger partial charge in [0.05, 0.1) is 6.10 Å². The maximum atomic E-state index is 13.1. The SMILES string of the molecule is CCOC1CC(N)(C(=O)N(C)CC(C)(C)c2ccc(C)cc2)C1(C)C.Cl. The molecule has 0 heterocycles. The van der Waals surface area contributed by atoms with Crippen LogP contribution in [0.25, 0.3) is 0 Å². The van der Waals surface area contributed by atoms with Crippen molar-refractivity contribution < 1.29 is 9.53 Å². The quantitative estimate of drug-likeness (QED) is 0.816. The Morgan fingerprint density at radius 2 is 1.85 bits per heavy atom. The Hall–Kier alpha value is -1.10. The van der Waals surface area contributed by atoms with Gasteiger partial charge < -0.3 is 15.4 Å². The van der Waals surface area contributed by atoms with E-state index in [0.717, 1.165) is 0 Å². The van der Waals surface area contributed by atoms with Gasteiger partial charge in [0, 0.05) is 37.5 Å². The molecule has 1 aliphatic carbocycles. The fraction of sp³-hybridized carbons (Fsp3) is 0.667. The number of nitrogens with zero attached hydrogens (tertiary/aromatic N) is 1. The monoisotopic (exact) mass is 382 g/mol. The number of carbonyl (C=O) groups excluding carboxylic acids is 1. The van der Waals surface area contributed by atoms with E-state index in [4.69, 9.17) is 10.5 Å². The number of carbonyl (C=O) groups is 1. The number of amides is 1. The zero-order chi connectivity index (χ0) is 19.0. The van der Waals surface area contributed by atoms with E-state index >= 15 is 0 Å².